The molecule has 1 aromatic carbocycles. The second-order valence-corrected chi connectivity index (χ2v) is 6.85. The number of carbonyl (C=O) groups is 1. The average molecular weight is 317 g/mol. The Labute approximate surface area is 138 Å². The molecular formula is C18H27N3O2. The summed E-state index contributed by atoms with van der Waals surface area (Å²) >= 11 is 0. The lowest BCUT2D eigenvalue weighted by Gasteiger charge is -2.47. The molecule has 0 aromatic heterocycles. The van der Waals surface area contributed by atoms with Gasteiger partial charge in [-0.2, -0.15) is 0 Å². The maximum Gasteiger partial charge on any atom is 0.315 e. The van der Waals surface area contributed by atoms with Gasteiger partial charge in [0.25, 0.3) is 0 Å². The van der Waals surface area contributed by atoms with Crippen molar-refractivity contribution in [2.75, 3.05) is 13.6 Å². The van der Waals surface area contributed by atoms with Crippen molar-refractivity contribution in [1.82, 2.24) is 15.5 Å². The first-order valence-electron chi connectivity index (χ1n) is 8.63. The fraction of sp³-hybridized carbons (Fsp3) is 0.611. The minimum atomic E-state index is -0.668. The number of aliphatic hydroxyl groups excluding tert-OH is 1. The van der Waals surface area contributed by atoms with E-state index in [0.29, 0.717) is 12.1 Å². The summed E-state index contributed by atoms with van der Waals surface area (Å²) < 4.78 is 0. The molecule has 5 heteroatoms. The minimum Gasteiger partial charge on any atom is -0.387 e. The standard InChI is InChI=1S/C18H27N3O2/c1-21-15-8-5-9-16(21)11-14(10-15)20-18(23)19-12-17(22)13-6-3-2-4-7-13/h2-4,6-7,14-17,22H,5,8-12H2,1H3,(H2,19,20,23). The molecule has 2 aliphatic rings. The zero-order valence-electron chi connectivity index (χ0n) is 13.7. The van der Waals surface area contributed by atoms with Gasteiger partial charge in [0.2, 0.25) is 0 Å². The molecule has 2 fully saturated rings. The van der Waals surface area contributed by atoms with Crippen molar-refractivity contribution >= 4 is 6.03 Å². The van der Waals surface area contributed by atoms with E-state index in [1.165, 1.54) is 19.3 Å². The predicted molar refractivity (Wildman–Crippen MR) is 90.1 cm³/mol. The molecule has 0 spiro atoms. The quantitative estimate of drug-likeness (QED) is 0.796. The zero-order chi connectivity index (χ0) is 16.2. The molecule has 2 bridgehead atoms. The smallest absolute Gasteiger partial charge is 0.315 e. The summed E-state index contributed by atoms with van der Waals surface area (Å²) in [5.74, 6) is 0. The summed E-state index contributed by atoms with van der Waals surface area (Å²) in [5.41, 5.74) is 0.821. The van der Waals surface area contributed by atoms with E-state index in [4.69, 9.17) is 0 Å². The van der Waals surface area contributed by atoms with Crippen LogP contribution in [0.2, 0.25) is 0 Å². The van der Waals surface area contributed by atoms with Gasteiger partial charge < -0.3 is 20.6 Å². The summed E-state index contributed by atoms with van der Waals surface area (Å²) in [6, 6.07) is 10.7. The highest BCUT2D eigenvalue weighted by molar-refractivity contribution is 5.74. The van der Waals surface area contributed by atoms with E-state index in [-0.39, 0.29) is 18.6 Å². The van der Waals surface area contributed by atoms with Gasteiger partial charge >= 0.3 is 6.03 Å². The van der Waals surface area contributed by atoms with E-state index >= 15 is 0 Å². The molecule has 2 amide bonds. The lowest BCUT2D eigenvalue weighted by atomic mass is 9.82. The third-order valence-corrected chi connectivity index (χ3v) is 5.32. The second-order valence-electron chi connectivity index (χ2n) is 6.85. The molecule has 126 valence electrons. The van der Waals surface area contributed by atoms with Crippen molar-refractivity contribution in [3.8, 4) is 0 Å². The van der Waals surface area contributed by atoms with Crippen molar-refractivity contribution < 1.29 is 9.90 Å². The van der Waals surface area contributed by atoms with Crippen LogP contribution in [0.25, 0.3) is 0 Å². The molecule has 23 heavy (non-hydrogen) atoms. The number of nitrogens with one attached hydrogen (secondary N) is 2. The number of hydrogen-bond acceptors (Lipinski definition) is 3. The van der Waals surface area contributed by atoms with Crippen LogP contribution >= 0.6 is 0 Å². The van der Waals surface area contributed by atoms with Crippen LogP contribution in [0.15, 0.2) is 30.3 Å². The Balaban J connectivity index is 1.45. The van der Waals surface area contributed by atoms with E-state index in [2.05, 4.69) is 22.6 Å². The number of carbonyl (C=O) groups excluding carboxylic acids is 1. The summed E-state index contributed by atoms with van der Waals surface area (Å²) in [4.78, 5) is 14.6. The number of rotatable bonds is 4. The SMILES string of the molecule is CN1C2CCCC1CC(NC(=O)NCC(O)c1ccccc1)C2. The first kappa shape index (κ1) is 16.3. The van der Waals surface area contributed by atoms with Gasteiger partial charge in [0.15, 0.2) is 0 Å². The first-order chi connectivity index (χ1) is 11.1. The molecule has 3 N–H and O–H groups in total. The van der Waals surface area contributed by atoms with Crippen LogP contribution in [0.5, 0.6) is 0 Å². The van der Waals surface area contributed by atoms with E-state index in [0.717, 1.165) is 18.4 Å². The van der Waals surface area contributed by atoms with E-state index in [1.54, 1.807) is 0 Å². The number of urea groups is 1. The van der Waals surface area contributed by atoms with Crippen LogP contribution in [-0.4, -0.2) is 47.8 Å². The van der Waals surface area contributed by atoms with Gasteiger partial charge in [-0.05, 0) is 38.3 Å². The first-order valence-corrected chi connectivity index (χ1v) is 8.63. The number of piperidine rings is 2. The topological polar surface area (TPSA) is 64.6 Å². The van der Waals surface area contributed by atoms with Gasteiger partial charge in [0, 0.05) is 24.7 Å². The van der Waals surface area contributed by atoms with Gasteiger partial charge in [0.1, 0.15) is 0 Å². The largest absolute Gasteiger partial charge is 0.387 e. The fourth-order valence-corrected chi connectivity index (χ4v) is 3.95. The molecule has 3 rings (SSSR count). The monoisotopic (exact) mass is 317 g/mol. The van der Waals surface area contributed by atoms with Crippen LogP contribution < -0.4 is 10.6 Å². The van der Waals surface area contributed by atoms with Gasteiger partial charge in [-0.25, -0.2) is 4.79 Å². The average Bonchev–Trinajstić information content (AvgIpc) is 2.54. The van der Waals surface area contributed by atoms with E-state index < -0.39 is 6.10 Å². The van der Waals surface area contributed by atoms with Crippen LogP contribution in [-0.2, 0) is 0 Å². The number of nitrogens with zero attached hydrogens (tertiary/aromatic N) is 1. The fourth-order valence-electron chi connectivity index (χ4n) is 3.95. The second kappa shape index (κ2) is 7.32. The minimum absolute atomic E-state index is 0.174. The molecule has 0 aliphatic carbocycles. The molecule has 3 atom stereocenters. The molecule has 0 radical (unpaired) electrons. The van der Waals surface area contributed by atoms with Crippen LogP contribution in [0.3, 0.4) is 0 Å². The van der Waals surface area contributed by atoms with Crippen molar-refractivity contribution in [1.29, 1.82) is 0 Å². The molecule has 3 unspecified atom stereocenters. The predicted octanol–water partition coefficient (Wildman–Crippen LogP) is 2.03. The van der Waals surface area contributed by atoms with Crippen LogP contribution in [0.1, 0.15) is 43.8 Å². The van der Waals surface area contributed by atoms with E-state index in [1.807, 2.05) is 30.3 Å². The van der Waals surface area contributed by atoms with Crippen LogP contribution in [0, 0.1) is 0 Å². The Kier molecular flexibility index (Phi) is 5.18. The summed E-state index contributed by atoms with van der Waals surface area (Å²) in [6.45, 7) is 0.231. The van der Waals surface area contributed by atoms with Crippen molar-refractivity contribution in [2.24, 2.45) is 0 Å². The Morgan fingerprint density at radius 2 is 1.91 bits per heavy atom. The van der Waals surface area contributed by atoms with Crippen molar-refractivity contribution in [3.63, 3.8) is 0 Å². The molecule has 2 saturated heterocycles. The Hall–Kier alpha value is -1.59. The molecule has 2 heterocycles. The lowest BCUT2D eigenvalue weighted by molar-refractivity contribution is 0.0507. The van der Waals surface area contributed by atoms with Gasteiger partial charge in [-0.15, -0.1) is 0 Å². The Morgan fingerprint density at radius 1 is 1.26 bits per heavy atom. The van der Waals surface area contributed by atoms with Gasteiger partial charge in [-0.1, -0.05) is 36.8 Å². The third-order valence-electron chi connectivity index (χ3n) is 5.32. The highest BCUT2D eigenvalue weighted by Gasteiger charge is 2.36. The number of fused-ring (bicyclic) bond motifs is 2. The third kappa shape index (κ3) is 4.03. The Morgan fingerprint density at radius 3 is 2.57 bits per heavy atom. The molecular weight excluding hydrogens is 290 g/mol. The normalized spacial score (nSPS) is 28.9. The maximum absolute atomic E-state index is 12.1. The number of aliphatic hydroxyl groups is 1. The molecule has 2 aliphatic heterocycles. The highest BCUT2D eigenvalue weighted by Crippen LogP contribution is 2.32. The highest BCUT2D eigenvalue weighted by atomic mass is 16.3. The summed E-state index contributed by atoms with van der Waals surface area (Å²) in [7, 11) is 2.21. The van der Waals surface area contributed by atoms with Crippen molar-refractivity contribution in [3.05, 3.63) is 35.9 Å². The molecule has 0 saturated carbocycles. The van der Waals surface area contributed by atoms with Crippen LogP contribution in [0.4, 0.5) is 4.79 Å². The zero-order valence-corrected chi connectivity index (χ0v) is 13.7. The van der Waals surface area contributed by atoms with Gasteiger partial charge in [-0.3, -0.25) is 0 Å². The van der Waals surface area contributed by atoms with Gasteiger partial charge in [0.05, 0.1) is 6.10 Å². The number of amides is 2. The van der Waals surface area contributed by atoms with E-state index in [9.17, 15) is 9.90 Å². The summed E-state index contributed by atoms with van der Waals surface area (Å²) in [6.07, 6.45) is 5.17. The number of benzene rings is 1. The lowest BCUT2D eigenvalue weighted by Crippen LogP contribution is -2.56. The summed E-state index contributed by atoms with van der Waals surface area (Å²) in [5, 5.41) is 16.0. The molecule has 5 nitrogen and oxygen atoms in total. The maximum atomic E-state index is 12.1. The number of hydrogen-bond donors (Lipinski definition) is 3. The molecule has 1 aromatic rings. The Bertz CT molecular complexity index is 508. The van der Waals surface area contributed by atoms with Crippen molar-refractivity contribution in [2.45, 2.75) is 56.3 Å².